The van der Waals surface area contributed by atoms with Gasteiger partial charge in [0.1, 0.15) is 10.8 Å². The summed E-state index contributed by atoms with van der Waals surface area (Å²) in [6.07, 6.45) is 15.9. The van der Waals surface area contributed by atoms with Gasteiger partial charge < -0.3 is 15.0 Å². The maximum Gasteiger partial charge on any atom is 0.255 e. The van der Waals surface area contributed by atoms with Crippen LogP contribution in [0.25, 0.3) is 17.0 Å². The molecule has 0 aliphatic heterocycles. The van der Waals surface area contributed by atoms with Crippen LogP contribution in [0.2, 0.25) is 5.02 Å². The molecule has 0 aliphatic carbocycles. The number of aromatic amines is 1. The van der Waals surface area contributed by atoms with Gasteiger partial charge in [-0.05, 0) is 49.2 Å². The summed E-state index contributed by atoms with van der Waals surface area (Å²) in [7, 11) is 0. The summed E-state index contributed by atoms with van der Waals surface area (Å²) in [4.78, 5) is 16.4. The molecule has 0 radical (unpaired) electrons. The highest BCUT2D eigenvalue weighted by atomic mass is 35.5. The Morgan fingerprint density at radius 3 is 2.09 bits per heavy atom. The Hall–Kier alpha value is -3.32. The minimum Gasteiger partial charge on any atom is -0.494 e. The lowest BCUT2D eigenvalue weighted by atomic mass is 9.92. The van der Waals surface area contributed by atoms with Crippen LogP contribution in [-0.4, -0.2) is 32.3 Å². The van der Waals surface area contributed by atoms with Crippen molar-refractivity contribution >= 4 is 28.8 Å². The van der Waals surface area contributed by atoms with E-state index >= 15 is 0 Å². The topological polar surface area (TPSA) is 84.3 Å². The highest BCUT2D eigenvalue weighted by molar-refractivity contribution is 6.34. The van der Waals surface area contributed by atoms with Crippen molar-refractivity contribution in [1.29, 1.82) is 0 Å². The van der Waals surface area contributed by atoms with Crippen molar-refractivity contribution in [3.63, 3.8) is 0 Å². The molecule has 44 heavy (non-hydrogen) atoms. The van der Waals surface area contributed by atoms with Crippen LogP contribution in [0.5, 0.6) is 5.75 Å². The number of carbonyl (C=O) groups excluding carboxylic acids is 1. The number of benzene rings is 2. The third kappa shape index (κ3) is 9.34. The van der Waals surface area contributed by atoms with Gasteiger partial charge in [0.05, 0.1) is 12.3 Å². The second-order valence-corrected chi connectivity index (χ2v) is 13.3. The van der Waals surface area contributed by atoms with Gasteiger partial charge in [0, 0.05) is 22.2 Å². The van der Waals surface area contributed by atoms with Gasteiger partial charge in [-0.15, -0.1) is 9.73 Å². The number of hydrogen-bond donors (Lipinski definition) is 2. The van der Waals surface area contributed by atoms with Crippen LogP contribution < -0.4 is 10.1 Å². The summed E-state index contributed by atoms with van der Waals surface area (Å²) in [6, 6.07) is 13.2. The van der Waals surface area contributed by atoms with Gasteiger partial charge in [0.25, 0.3) is 5.91 Å². The molecule has 2 N–H and O–H groups in total. The normalized spacial score (nSPS) is 11.8. The van der Waals surface area contributed by atoms with Crippen molar-refractivity contribution in [2.75, 3.05) is 11.9 Å². The summed E-state index contributed by atoms with van der Waals surface area (Å²) in [5.41, 5.74) is 4.32. The van der Waals surface area contributed by atoms with E-state index < -0.39 is 0 Å². The smallest absolute Gasteiger partial charge is 0.255 e. The fourth-order valence-electron chi connectivity index (χ4n) is 5.34. The first-order chi connectivity index (χ1) is 21.2. The van der Waals surface area contributed by atoms with E-state index in [0.717, 1.165) is 34.7 Å². The summed E-state index contributed by atoms with van der Waals surface area (Å²) < 4.78 is 7.47. The predicted octanol–water partition coefficient (Wildman–Crippen LogP) is 10.3. The fourth-order valence-corrected chi connectivity index (χ4v) is 5.78. The number of amides is 1. The van der Waals surface area contributed by atoms with Crippen LogP contribution in [0, 0.1) is 6.92 Å². The summed E-state index contributed by atoms with van der Waals surface area (Å²) in [5.74, 6) is 1.24. The third-order valence-corrected chi connectivity index (χ3v) is 8.45. The third-order valence-electron chi connectivity index (χ3n) is 8.09. The zero-order chi connectivity index (χ0) is 31.5. The average Bonchev–Trinajstić information content (AvgIpc) is 3.56. The largest absolute Gasteiger partial charge is 0.494 e. The van der Waals surface area contributed by atoms with E-state index in [4.69, 9.17) is 16.3 Å². The molecule has 0 unspecified atom stereocenters. The van der Waals surface area contributed by atoms with Crippen molar-refractivity contribution in [2.24, 2.45) is 0 Å². The molecule has 4 rings (SSSR count). The number of unbranched alkanes of at least 4 members (excludes halogenated alkanes) is 11. The fraction of sp³-hybridized carbons (Fsp3) is 0.528. The monoisotopic (exact) mass is 619 g/mol. The molecule has 0 bridgehead atoms. The van der Waals surface area contributed by atoms with Gasteiger partial charge in [-0.3, -0.25) is 4.79 Å². The second-order valence-electron chi connectivity index (χ2n) is 13.0. The second kappa shape index (κ2) is 16.1. The standard InChI is InChI=1S/C36H50ClN5O2/c1-6-7-8-9-10-11-12-13-14-15-16-17-24-44-29-22-20-27(21-23-29)35(43)38-30-25-28(19-18-26(30)2)33-39-34-31(37)32(36(3,4)5)40-42(34)41-33/h18-23,25H,6-17,24H2,1-5H3,(H,38,43)(H,39,41). The van der Waals surface area contributed by atoms with Crippen molar-refractivity contribution < 1.29 is 9.53 Å². The van der Waals surface area contributed by atoms with Gasteiger partial charge >= 0.3 is 0 Å². The zero-order valence-electron chi connectivity index (χ0n) is 27.3. The van der Waals surface area contributed by atoms with Gasteiger partial charge in [0.15, 0.2) is 11.5 Å². The first-order valence-electron chi connectivity index (χ1n) is 16.5. The highest BCUT2D eigenvalue weighted by Gasteiger charge is 2.25. The summed E-state index contributed by atoms with van der Waals surface area (Å²) >= 11 is 6.61. The van der Waals surface area contributed by atoms with E-state index in [2.05, 4.69) is 48.2 Å². The Morgan fingerprint density at radius 2 is 1.50 bits per heavy atom. The van der Waals surface area contributed by atoms with Crippen LogP contribution in [0.4, 0.5) is 5.69 Å². The Balaban J connectivity index is 1.21. The van der Waals surface area contributed by atoms with Crippen molar-refractivity contribution in [3.05, 3.63) is 64.3 Å². The lowest BCUT2D eigenvalue weighted by Crippen LogP contribution is -2.13. The lowest BCUT2D eigenvalue weighted by molar-refractivity contribution is 0.102. The molecule has 238 valence electrons. The van der Waals surface area contributed by atoms with Crippen LogP contribution in [0.3, 0.4) is 0 Å². The molecule has 2 aromatic carbocycles. The Bertz CT molecular complexity index is 1480. The minimum atomic E-state index is -0.191. The number of hydrogen-bond acceptors (Lipinski definition) is 4. The van der Waals surface area contributed by atoms with Crippen molar-refractivity contribution in [2.45, 2.75) is 117 Å². The van der Waals surface area contributed by atoms with E-state index in [9.17, 15) is 4.79 Å². The molecule has 2 heterocycles. The Morgan fingerprint density at radius 1 is 0.886 bits per heavy atom. The minimum absolute atomic E-state index is 0.176. The number of aromatic nitrogens is 4. The number of aryl methyl sites for hydroxylation is 1. The Labute approximate surface area is 268 Å². The number of ether oxygens (including phenoxy) is 1. The molecule has 0 saturated heterocycles. The van der Waals surface area contributed by atoms with Gasteiger partial charge in [-0.1, -0.05) is 122 Å². The van der Waals surface area contributed by atoms with Crippen LogP contribution in [0.15, 0.2) is 42.5 Å². The SMILES string of the molecule is CCCCCCCCCCCCCCOc1ccc(C(=O)Nc2cc(-c3nn4nc(C(C)(C)C)c(Cl)c4[nH]3)ccc2C)cc1. The lowest BCUT2D eigenvalue weighted by Gasteiger charge is -2.14. The number of rotatable bonds is 17. The van der Waals surface area contributed by atoms with Crippen LogP contribution in [-0.2, 0) is 5.41 Å². The molecule has 0 atom stereocenters. The number of nitrogens with one attached hydrogen (secondary N) is 2. The molecule has 8 heteroatoms. The van der Waals surface area contributed by atoms with Crippen molar-refractivity contribution in [1.82, 2.24) is 19.8 Å². The van der Waals surface area contributed by atoms with E-state index in [1.165, 1.54) is 75.3 Å². The summed E-state index contributed by atoms with van der Waals surface area (Å²) in [5, 5.41) is 12.8. The molecule has 0 fully saturated rings. The van der Waals surface area contributed by atoms with Gasteiger partial charge in [-0.25, -0.2) is 0 Å². The molecule has 0 spiro atoms. The van der Waals surface area contributed by atoms with Crippen LogP contribution >= 0.6 is 11.6 Å². The van der Waals surface area contributed by atoms with Gasteiger partial charge in [-0.2, -0.15) is 5.10 Å². The first kappa shape index (κ1) is 33.6. The van der Waals surface area contributed by atoms with E-state index in [0.29, 0.717) is 28.7 Å². The maximum atomic E-state index is 13.1. The maximum absolute atomic E-state index is 13.1. The molecule has 0 saturated carbocycles. The van der Waals surface area contributed by atoms with Gasteiger partial charge in [0.2, 0.25) is 0 Å². The zero-order valence-corrected chi connectivity index (χ0v) is 28.0. The van der Waals surface area contributed by atoms with E-state index in [1.807, 2.05) is 49.4 Å². The quantitative estimate of drug-likeness (QED) is 0.115. The van der Waals surface area contributed by atoms with E-state index in [1.54, 1.807) is 0 Å². The predicted molar refractivity (Wildman–Crippen MR) is 182 cm³/mol. The highest BCUT2D eigenvalue weighted by Crippen LogP contribution is 2.32. The van der Waals surface area contributed by atoms with Crippen LogP contribution in [0.1, 0.15) is 126 Å². The number of H-pyrrole nitrogens is 1. The number of carbonyl (C=O) groups is 1. The number of anilines is 1. The first-order valence-corrected chi connectivity index (χ1v) is 16.9. The number of halogens is 1. The molecule has 0 aliphatic rings. The average molecular weight is 620 g/mol. The Kier molecular flexibility index (Phi) is 12.3. The summed E-state index contributed by atoms with van der Waals surface area (Å²) in [6.45, 7) is 11.1. The molecule has 2 aromatic heterocycles. The molecule has 4 aromatic rings. The number of fused-ring (bicyclic) bond motifs is 1. The molecular formula is C36H50ClN5O2. The van der Waals surface area contributed by atoms with Crippen molar-refractivity contribution in [3.8, 4) is 17.1 Å². The molecular weight excluding hydrogens is 570 g/mol. The van der Waals surface area contributed by atoms with E-state index in [-0.39, 0.29) is 11.3 Å². The molecule has 1 amide bonds. The number of nitrogens with zero attached hydrogens (tertiary/aromatic N) is 3. The molecule has 7 nitrogen and oxygen atoms in total.